The van der Waals surface area contributed by atoms with Crippen LogP contribution in [0.4, 0.5) is 4.39 Å². The maximum absolute atomic E-state index is 14.1. The molecule has 0 fully saturated rings. The number of benzene rings is 1. The number of methoxy groups -OCH3 is 2. The first kappa shape index (κ1) is 17.2. The summed E-state index contributed by atoms with van der Waals surface area (Å²) in [5.74, 6) is 5.28. The molecule has 130 valence electrons. The summed E-state index contributed by atoms with van der Waals surface area (Å²) in [4.78, 5) is 13.0. The van der Waals surface area contributed by atoms with Gasteiger partial charge in [-0.15, -0.1) is 5.10 Å². The van der Waals surface area contributed by atoms with Gasteiger partial charge in [0.05, 0.1) is 7.11 Å². The SMILES string of the molecule is COc1cc2c(cc1F)SC(C(=O)NC1=NNN=NC1)C#CC2OC. The van der Waals surface area contributed by atoms with Gasteiger partial charge in [0.1, 0.15) is 17.9 Å². The molecule has 8 nitrogen and oxygen atoms in total. The minimum atomic E-state index is -0.756. The van der Waals surface area contributed by atoms with E-state index in [-0.39, 0.29) is 18.2 Å². The molecule has 3 rings (SSSR count). The second-order valence-electron chi connectivity index (χ2n) is 4.97. The molecule has 0 spiro atoms. The number of rotatable bonds is 3. The predicted molar refractivity (Wildman–Crippen MR) is 88.6 cm³/mol. The van der Waals surface area contributed by atoms with Gasteiger partial charge in [0.2, 0.25) is 0 Å². The molecule has 1 amide bonds. The standard InChI is InChI=1S/C15H14FN5O3S/c1-23-10-3-4-12(15(22)18-14-7-17-20-21-19-14)25-13-6-9(16)11(24-2)5-8(10)13/h5-6,10,12H,7H2,1-2H3,(H,17,21)(H,18,19,20,22). The molecule has 2 aliphatic rings. The van der Waals surface area contributed by atoms with Crippen LogP contribution in [-0.2, 0) is 9.53 Å². The van der Waals surface area contributed by atoms with Crippen LogP contribution in [0, 0.1) is 17.7 Å². The van der Waals surface area contributed by atoms with Crippen LogP contribution in [0.25, 0.3) is 0 Å². The van der Waals surface area contributed by atoms with Gasteiger partial charge in [-0.2, -0.15) is 10.6 Å². The number of hydrogen-bond acceptors (Lipinski definition) is 8. The summed E-state index contributed by atoms with van der Waals surface area (Å²) in [6.45, 7) is 0.159. The first-order valence-corrected chi connectivity index (χ1v) is 8.07. The van der Waals surface area contributed by atoms with Gasteiger partial charge in [-0.25, -0.2) is 4.39 Å². The molecule has 10 heteroatoms. The molecule has 2 atom stereocenters. The Morgan fingerprint density at radius 1 is 1.44 bits per heavy atom. The molecule has 1 aromatic carbocycles. The van der Waals surface area contributed by atoms with Gasteiger partial charge in [0, 0.05) is 17.6 Å². The number of thioether (sulfide) groups is 1. The Morgan fingerprint density at radius 3 is 2.96 bits per heavy atom. The van der Waals surface area contributed by atoms with Crippen LogP contribution >= 0.6 is 11.8 Å². The van der Waals surface area contributed by atoms with E-state index in [4.69, 9.17) is 9.47 Å². The molecule has 1 aromatic rings. The maximum Gasteiger partial charge on any atom is 0.251 e. The minimum absolute atomic E-state index is 0.0964. The van der Waals surface area contributed by atoms with Crippen molar-refractivity contribution in [3.8, 4) is 17.6 Å². The van der Waals surface area contributed by atoms with E-state index in [2.05, 4.69) is 38.1 Å². The second-order valence-corrected chi connectivity index (χ2v) is 6.12. The zero-order valence-electron chi connectivity index (χ0n) is 13.4. The van der Waals surface area contributed by atoms with Gasteiger partial charge in [0.25, 0.3) is 5.91 Å². The number of fused-ring (bicyclic) bond motifs is 1. The quantitative estimate of drug-likeness (QED) is 0.792. The summed E-state index contributed by atoms with van der Waals surface area (Å²) in [5.41, 5.74) is 2.96. The molecule has 0 saturated heterocycles. The highest BCUT2D eigenvalue weighted by atomic mass is 32.2. The van der Waals surface area contributed by atoms with Crippen LogP contribution in [0.1, 0.15) is 11.7 Å². The number of carbonyl (C=O) groups excluding carboxylic acids is 1. The third-order valence-electron chi connectivity index (χ3n) is 3.42. The van der Waals surface area contributed by atoms with Crippen LogP contribution < -0.4 is 15.6 Å². The third-order valence-corrected chi connectivity index (χ3v) is 4.59. The largest absolute Gasteiger partial charge is 0.494 e. The van der Waals surface area contributed by atoms with Crippen molar-refractivity contribution in [1.29, 1.82) is 0 Å². The lowest BCUT2D eigenvalue weighted by atomic mass is 10.1. The van der Waals surface area contributed by atoms with E-state index < -0.39 is 17.2 Å². The Labute approximate surface area is 147 Å². The van der Waals surface area contributed by atoms with E-state index in [9.17, 15) is 9.18 Å². The van der Waals surface area contributed by atoms with E-state index in [0.717, 1.165) is 11.8 Å². The zero-order valence-corrected chi connectivity index (χ0v) is 14.2. The smallest absolute Gasteiger partial charge is 0.251 e. The van der Waals surface area contributed by atoms with Gasteiger partial charge in [-0.1, -0.05) is 28.8 Å². The fourth-order valence-corrected chi connectivity index (χ4v) is 3.25. The summed E-state index contributed by atoms with van der Waals surface area (Å²) >= 11 is 1.14. The minimum Gasteiger partial charge on any atom is -0.494 e. The van der Waals surface area contributed by atoms with Crippen molar-refractivity contribution < 1.29 is 18.7 Å². The molecule has 2 unspecified atom stereocenters. The highest BCUT2D eigenvalue weighted by Crippen LogP contribution is 2.37. The number of hydrazone groups is 1. The van der Waals surface area contributed by atoms with Crippen molar-refractivity contribution in [1.82, 2.24) is 10.9 Å². The normalized spacial score (nSPS) is 21.0. The number of amidine groups is 1. The number of hydrogen-bond donors (Lipinski definition) is 2. The van der Waals surface area contributed by atoms with Gasteiger partial charge in [0.15, 0.2) is 17.4 Å². The average Bonchev–Trinajstić information content (AvgIpc) is 2.80. The van der Waals surface area contributed by atoms with Crippen molar-refractivity contribution >= 4 is 23.5 Å². The summed E-state index contributed by atoms with van der Waals surface area (Å²) in [6.07, 6.45) is -0.586. The zero-order chi connectivity index (χ0) is 17.8. The Kier molecular flexibility index (Phi) is 5.16. The molecule has 0 saturated carbocycles. The third kappa shape index (κ3) is 3.72. The van der Waals surface area contributed by atoms with Gasteiger partial charge in [-0.3, -0.25) is 4.79 Å². The summed E-state index contributed by atoms with van der Waals surface area (Å²) < 4.78 is 24.4. The second kappa shape index (κ2) is 7.50. The maximum atomic E-state index is 14.1. The Balaban J connectivity index is 1.86. The fraction of sp³-hybridized carbons (Fsp3) is 0.333. The Hall–Kier alpha value is -2.64. The summed E-state index contributed by atoms with van der Waals surface area (Å²) in [5, 5.41) is 12.9. The van der Waals surface area contributed by atoms with Crippen molar-refractivity contribution in [2.75, 3.05) is 20.8 Å². The molecule has 2 aliphatic heterocycles. The van der Waals surface area contributed by atoms with E-state index in [1.54, 1.807) is 0 Å². The van der Waals surface area contributed by atoms with E-state index in [1.807, 2.05) is 0 Å². The van der Waals surface area contributed by atoms with Gasteiger partial charge >= 0.3 is 0 Å². The Bertz CT molecular complexity index is 817. The number of nitrogens with one attached hydrogen (secondary N) is 2. The molecule has 0 bridgehead atoms. The van der Waals surface area contributed by atoms with Crippen molar-refractivity contribution in [2.45, 2.75) is 16.2 Å². The van der Waals surface area contributed by atoms with Gasteiger partial charge < -0.3 is 14.8 Å². The van der Waals surface area contributed by atoms with Crippen LogP contribution in [0.2, 0.25) is 0 Å². The lowest BCUT2D eigenvalue weighted by Crippen LogP contribution is -2.39. The number of ether oxygens (including phenoxy) is 2. The van der Waals surface area contributed by atoms with E-state index >= 15 is 0 Å². The predicted octanol–water partition coefficient (Wildman–Crippen LogP) is 1.40. The molecule has 0 aliphatic carbocycles. The highest BCUT2D eigenvalue weighted by molar-refractivity contribution is 8.01. The number of carbonyl (C=O) groups is 1. The summed E-state index contributed by atoms with van der Waals surface area (Å²) in [7, 11) is 2.88. The molecule has 25 heavy (non-hydrogen) atoms. The van der Waals surface area contributed by atoms with Gasteiger partial charge in [-0.05, 0) is 12.1 Å². The molecular weight excluding hydrogens is 349 g/mol. The average molecular weight is 363 g/mol. The van der Waals surface area contributed by atoms with Crippen LogP contribution in [0.15, 0.2) is 32.5 Å². The lowest BCUT2D eigenvalue weighted by molar-refractivity contribution is -0.118. The monoisotopic (exact) mass is 363 g/mol. The van der Waals surface area contributed by atoms with Crippen molar-refractivity contribution in [3.05, 3.63) is 23.5 Å². The lowest BCUT2D eigenvalue weighted by Gasteiger charge is -2.16. The van der Waals surface area contributed by atoms with Crippen molar-refractivity contribution in [2.24, 2.45) is 15.4 Å². The number of amides is 1. The molecular formula is C15H14FN5O3S. The summed E-state index contributed by atoms with van der Waals surface area (Å²) in [6, 6.07) is 2.85. The molecule has 2 N–H and O–H groups in total. The van der Waals surface area contributed by atoms with Crippen molar-refractivity contribution in [3.63, 3.8) is 0 Å². The van der Waals surface area contributed by atoms with Crippen LogP contribution in [0.3, 0.4) is 0 Å². The molecule has 0 radical (unpaired) electrons. The first-order chi connectivity index (χ1) is 12.1. The van der Waals surface area contributed by atoms with Crippen LogP contribution in [0.5, 0.6) is 5.75 Å². The van der Waals surface area contributed by atoms with E-state index in [1.165, 1.54) is 26.4 Å². The number of halogens is 1. The Morgan fingerprint density at radius 2 is 2.28 bits per heavy atom. The topological polar surface area (TPSA) is 96.7 Å². The number of nitrogens with zero attached hydrogens (tertiary/aromatic N) is 3. The molecule has 0 aromatic heterocycles. The van der Waals surface area contributed by atoms with E-state index in [0.29, 0.717) is 16.3 Å². The molecule has 2 heterocycles. The fourth-order valence-electron chi connectivity index (χ4n) is 2.23. The highest BCUT2D eigenvalue weighted by Gasteiger charge is 2.27. The first-order valence-electron chi connectivity index (χ1n) is 7.19. The van der Waals surface area contributed by atoms with Crippen LogP contribution in [-0.4, -0.2) is 37.8 Å².